The number of phosphoric acid groups is 3. The number of phosphoric ester groups is 1. The van der Waals surface area contributed by atoms with Gasteiger partial charge in [-0.25, -0.2) is 22.5 Å². The van der Waals surface area contributed by atoms with Crippen molar-refractivity contribution in [2.45, 2.75) is 30.8 Å². The number of nitrogens with one attached hydrogen (secondary N) is 1. The van der Waals surface area contributed by atoms with Crippen LogP contribution in [0, 0.1) is 10.6 Å². The van der Waals surface area contributed by atoms with E-state index < -0.39 is 70.1 Å². The van der Waals surface area contributed by atoms with Crippen molar-refractivity contribution in [1.82, 2.24) is 9.55 Å². The summed E-state index contributed by atoms with van der Waals surface area (Å²) in [5.74, 6) is -5.18. The number of aromatic amines is 1. The lowest BCUT2D eigenvalue weighted by Gasteiger charge is -2.26. The Bertz CT molecular complexity index is 1150. The van der Waals surface area contributed by atoms with Crippen molar-refractivity contribution in [3.63, 3.8) is 0 Å². The summed E-state index contributed by atoms with van der Waals surface area (Å²) in [5.41, 5.74) is -4.43. The summed E-state index contributed by atoms with van der Waals surface area (Å²) in [6.45, 7) is -1.30. The maximum atomic E-state index is 15.1. The van der Waals surface area contributed by atoms with Gasteiger partial charge < -0.3 is 29.4 Å². The van der Waals surface area contributed by atoms with E-state index in [4.69, 9.17) is 26.9 Å². The van der Waals surface area contributed by atoms with E-state index in [1.54, 1.807) is 4.98 Å². The van der Waals surface area contributed by atoms with Gasteiger partial charge >= 0.3 is 23.5 Å². The van der Waals surface area contributed by atoms with Crippen LogP contribution in [0.3, 0.4) is 0 Å². The first-order chi connectivity index (χ1) is 14.2. The van der Waals surface area contributed by atoms with Crippen LogP contribution in [-0.2, 0) is 31.6 Å². The highest BCUT2D eigenvalue weighted by molar-refractivity contribution is 7.71. The first-order valence-corrected chi connectivity index (χ1v) is 12.7. The predicted molar refractivity (Wildman–Crippen MR) is 95.1 cm³/mol. The van der Waals surface area contributed by atoms with Gasteiger partial charge in [-0.1, -0.05) is 0 Å². The molecule has 6 N–H and O–H groups in total. The first kappa shape index (κ1) is 27.5. The van der Waals surface area contributed by atoms with Crippen LogP contribution in [0.5, 0.6) is 0 Å². The van der Waals surface area contributed by atoms with Gasteiger partial charge in [0.1, 0.15) is 6.61 Å². The Morgan fingerprint density at radius 3 is 2.31 bits per heavy atom. The van der Waals surface area contributed by atoms with Crippen LogP contribution in [-0.4, -0.2) is 58.5 Å². The maximum absolute atomic E-state index is 15.1. The molecule has 2 rings (SSSR count). The normalized spacial score (nSPS) is 32.4. The van der Waals surface area contributed by atoms with Crippen LogP contribution in [0.4, 0.5) is 13.2 Å². The molecule has 0 radical (unpaired) electrons. The van der Waals surface area contributed by atoms with Crippen LogP contribution in [0.2, 0.25) is 0 Å². The molecular formula is C10H14F3N2O13P3S. The number of aliphatic hydroxyl groups excluding tert-OH is 1. The highest BCUT2D eigenvalue weighted by Crippen LogP contribution is 2.66. The number of H-pyrrole nitrogens is 1. The van der Waals surface area contributed by atoms with Gasteiger partial charge in [-0.2, -0.15) is 13.0 Å². The maximum Gasteiger partial charge on any atom is 0.490 e. The molecule has 6 atom stereocenters. The third kappa shape index (κ3) is 6.21. The second kappa shape index (κ2) is 8.78. The van der Waals surface area contributed by atoms with Gasteiger partial charge in [0.05, 0.1) is 6.20 Å². The fourth-order valence-corrected chi connectivity index (χ4v) is 5.75. The highest BCUT2D eigenvalue weighted by atomic mass is 32.1. The zero-order chi connectivity index (χ0) is 24.9. The molecule has 0 bridgehead atoms. The van der Waals surface area contributed by atoms with Crippen molar-refractivity contribution in [3.05, 3.63) is 27.1 Å². The van der Waals surface area contributed by atoms with E-state index in [1.807, 2.05) is 0 Å². The molecule has 22 heteroatoms. The van der Waals surface area contributed by atoms with Gasteiger partial charge in [0.2, 0.25) is 5.82 Å². The standard InChI is InChI=1S/C10H14F3N2O13P3S/c1-9(12)6(17)10(13,26-7(9)15-2-4(11)5(16)14-8(15)32)3-25-30(21,22)28-31(23,24)27-29(18,19)20/h2,6-7,17H,3H2,1H3,(H,21,22)(H,23,24)(H,14,16,32)(H2,18,19,20)/t6-,7-,9?,10-/m1/s1. The molecule has 0 amide bonds. The molecule has 1 aromatic heterocycles. The molecule has 1 aliphatic heterocycles. The molecule has 1 aliphatic rings. The van der Waals surface area contributed by atoms with Crippen LogP contribution >= 0.6 is 35.7 Å². The molecule has 2 heterocycles. The molecule has 15 nitrogen and oxygen atoms in total. The summed E-state index contributed by atoms with van der Waals surface area (Å²) >= 11 is 4.70. The smallest absolute Gasteiger partial charge is 0.384 e. The average Bonchev–Trinajstić information content (AvgIpc) is 2.74. The molecule has 32 heavy (non-hydrogen) atoms. The number of aromatic nitrogens is 2. The number of hydrogen-bond acceptors (Lipinski definition) is 10. The molecule has 0 aromatic carbocycles. The minimum absolute atomic E-state index is 0.338. The zero-order valence-corrected chi connectivity index (χ0v) is 18.8. The fraction of sp³-hybridized carbons (Fsp3) is 0.600. The number of ether oxygens (including phenoxy) is 1. The highest BCUT2D eigenvalue weighted by Gasteiger charge is 2.65. The topological polar surface area (TPSA) is 227 Å². The molecule has 1 saturated heterocycles. The van der Waals surface area contributed by atoms with E-state index in [2.05, 4.69) is 17.9 Å². The SMILES string of the molecule is CC1(F)[C@@H](O)[C@@](F)(COP(=O)(O)OP(=O)(O)OP(=O)(O)O)O[C@H]1n1cc(F)c(=O)[nH]c1=S. The van der Waals surface area contributed by atoms with Gasteiger partial charge in [-0.05, 0) is 19.1 Å². The number of hydrogen-bond donors (Lipinski definition) is 6. The van der Waals surface area contributed by atoms with Crippen molar-refractivity contribution in [2.24, 2.45) is 0 Å². The van der Waals surface area contributed by atoms with Crippen molar-refractivity contribution in [3.8, 4) is 0 Å². The van der Waals surface area contributed by atoms with Gasteiger partial charge in [-0.15, -0.1) is 0 Å². The summed E-state index contributed by atoms with van der Waals surface area (Å²) < 4.78 is 92.4. The van der Waals surface area contributed by atoms with E-state index in [0.717, 1.165) is 0 Å². The number of nitrogens with zero attached hydrogens (tertiary/aromatic N) is 1. The Morgan fingerprint density at radius 1 is 1.22 bits per heavy atom. The van der Waals surface area contributed by atoms with Crippen molar-refractivity contribution in [1.29, 1.82) is 0 Å². The van der Waals surface area contributed by atoms with Crippen LogP contribution in [0.25, 0.3) is 0 Å². The quantitative estimate of drug-likeness (QED) is 0.193. The zero-order valence-electron chi connectivity index (χ0n) is 15.3. The Balaban J connectivity index is 2.26. The van der Waals surface area contributed by atoms with Gasteiger partial charge in [0, 0.05) is 0 Å². The van der Waals surface area contributed by atoms with Crippen LogP contribution in [0.15, 0.2) is 11.0 Å². The Labute approximate surface area is 179 Å². The van der Waals surface area contributed by atoms with Crippen LogP contribution in [0.1, 0.15) is 13.2 Å². The Kier molecular flexibility index (Phi) is 7.53. The molecule has 0 spiro atoms. The minimum atomic E-state index is -5.93. The van der Waals surface area contributed by atoms with Gasteiger partial charge in [0.15, 0.2) is 22.8 Å². The summed E-state index contributed by atoms with van der Waals surface area (Å²) in [5, 5.41) is 9.99. The number of alkyl halides is 2. The van der Waals surface area contributed by atoms with Gasteiger partial charge in [0.25, 0.3) is 11.4 Å². The number of rotatable bonds is 8. The Morgan fingerprint density at radius 2 is 1.78 bits per heavy atom. The Hall–Kier alpha value is -0.780. The summed E-state index contributed by atoms with van der Waals surface area (Å²) in [7, 11) is -17.5. The molecular weight excluding hydrogens is 538 g/mol. The lowest BCUT2D eigenvalue weighted by molar-refractivity contribution is -0.204. The van der Waals surface area contributed by atoms with E-state index in [1.165, 1.54) is 0 Å². The molecule has 1 fully saturated rings. The molecule has 0 aliphatic carbocycles. The second-order valence-corrected chi connectivity index (χ2v) is 11.1. The van der Waals surface area contributed by atoms with Crippen LogP contribution < -0.4 is 5.56 Å². The summed E-state index contributed by atoms with van der Waals surface area (Å²) in [4.78, 5) is 48.3. The van der Waals surface area contributed by atoms with E-state index in [-0.39, 0.29) is 0 Å². The monoisotopic (exact) mass is 552 g/mol. The third-order valence-corrected chi connectivity index (χ3v) is 7.85. The predicted octanol–water partition coefficient (Wildman–Crippen LogP) is 0.672. The van der Waals surface area contributed by atoms with Crippen molar-refractivity contribution >= 4 is 35.7 Å². The van der Waals surface area contributed by atoms with Gasteiger partial charge in [-0.3, -0.25) is 18.9 Å². The molecule has 184 valence electrons. The number of halogens is 3. The lowest BCUT2D eigenvalue weighted by Crippen LogP contribution is -2.46. The largest absolute Gasteiger partial charge is 0.490 e. The first-order valence-electron chi connectivity index (χ1n) is 7.72. The average molecular weight is 552 g/mol. The van der Waals surface area contributed by atoms with Crippen molar-refractivity contribution in [2.75, 3.05) is 6.61 Å². The second-order valence-electron chi connectivity index (χ2n) is 6.32. The third-order valence-electron chi connectivity index (χ3n) is 3.75. The molecule has 1 aromatic rings. The van der Waals surface area contributed by atoms with E-state index >= 15 is 8.78 Å². The van der Waals surface area contributed by atoms with Crippen molar-refractivity contribution < 1.29 is 69.4 Å². The molecule has 3 unspecified atom stereocenters. The van der Waals surface area contributed by atoms with E-state index in [9.17, 15) is 32.9 Å². The fourth-order valence-electron chi connectivity index (χ4n) is 2.47. The summed E-state index contributed by atoms with van der Waals surface area (Å²) in [6.07, 6.45) is -4.74. The number of aliphatic hydroxyl groups is 1. The lowest BCUT2D eigenvalue weighted by atomic mass is 9.97. The van der Waals surface area contributed by atoms with E-state index in [0.29, 0.717) is 17.7 Å². The summed E-state index contributed by atoms with van der Waals surface area (Å²) in [6, 6.07) is 0. The minimum Gasteiger partial charge on any atom is -0.384 e. The molecule has 0 saturated carbocycles.